The van der Waals surface area contributed by atoms with Gasteiger partial charge in [0.15, 0.2) is 5.82 Å². The lowest BCUT2D eigenvalue weighted by molar-refractivity contribution is 1.11. The Bertz CT molecular complexity index is 1080. The fourth-order valence-corrected chi connectivity index (χ4v) is 4.01. The third-order valence-corrected chi connectivity index (χ3v) is 5.82. The second kappa shape index (κ2) is 7.23. The van der Waals surface area contributed by atoms with Crippen LogP contribution in [0.4, 0.5) is 5.82 Å². The van der Waals surface area contributed by atoms with Crippen LogP contribution in [0.2, 0.25) is 10.0 Å². The van der Waals surface area contributed by atoms with Crippen molar-refractivity contribution in [1.82, 2.24) is 9.97 Å². The Labute approximate surface area is 165 Å². The zero-order chi connectivity index (χ0) is 18.1. The van der Waals surface area contributed by atoms with E-state index >= 15 is 0 Å². The molecule has 1 N–H and O–H groups in total. The number of nitrogens with one attached hydrogen (secondary N) is 1. The lowest BCUT2D eigenvalue weighted by Crippen LogP contribution is -2.04. The number of halogens is 2. The summed E-state index contributed by atoms with van der Waals surface area (Å²) < 4.78 is 0. The van der Waals surface area contributed by atoms with Gasteiger partial charge in [0.05, 0.1) is 15.4 Å². The Hall–Kier alpha value is -2.14. The normalized spacial score (nSPS) is 11.0. The Morgan fingerprint density at radius 2 is 1.81 bits per heavy atom. The summed E-state index contributed by atoms with van der Waals surface area (Å²) in [6, 6.07) is 15.6. The first-order valence-electron chi connectivity index (χ1n) is 8.11. The van der Waals surface area contributed by atoms with Gasteiger partial charge in [-0.1, -0.05) is 59.6 Å². The van der Waals surface area contributed by atoms with Crippen LogP contribution in [0.15, 0.2) is 53.9 Å². The van der Waals surface area contributed by atoms with Gasteiger partial charge in [0, 0.05) is 12.1 Å². The Kier molecular flexibility index (Phi) is 4.81. The highest BCUT2D eigenvalue weighted by Gasteiger charge is 2.13. The lowest BCUT2D eigenvalue weighted by atomic mass is 10.2. The molecule has 2 aromatic carbocycles. The van der Waals surface area contributed by atoms with Crippen molar-refractivity contribution in [3.05, 3.63) is 75.1 Å². The average Bonchev–Trinajstić information content (AvgIpc) is 3.04. The van der Waals surface area contributed by atoms with E-state index in [2.05, 4.69) is 17.6 Å². The van der Waals surface area contributed by atoms with E-state index < -0.39 is 0 Å². The van der Waals surface area contributed by atoms with E-state index in [0.29, 0.717) is 16.6 Å². The maximum atomic E-state index is 6.12. The van der Waals surface area contributed by atoms with E-state index in [9.17, 15) is 0 Å². The van der Waals surface area contributed by atoms with E-state index in [0.717, 1.165) is 33.0 Å². The molecule has 0 aliphatic carbocycles. The minimum atomic E-state index is 0.551. The van der Waals surface area contributed by atoms with E-state index in [-0.39, 0.29) is 0 Å². The largest absolute Gasteiger partial charge is 0.365 e. The van der Waals surface area contributed by atoms with E-state index in [4.69, 9.17) is 33.2 Å². The van der Waals surface area contributed by atoms with Crippen LogP contribution in [0.1, 0.15) is 11.1 Å². The molecule has 3 nitrogen and oxygen atoms in total. The first-order chi connectivity index (χ1) is 12.6. The Morgan fingerprint density at radius 3 is 2.58 bits per heavy atom. The number of benzene rings is 2. The fourth-order valence-electron chi connectivity index (χ4n) is 2.76. The smallest absolute Gasteiger partial charge is 0.163 e. The van der Waals surface area contributed by atoms with Crippen LogP contribution in [-0.2, 0) is 6.54 Å². The van der Waals surface area contributed by atoms with Crippen molar-refractivity contribution < 1.29 is 0 Å². The first-order valence-corrected chi connectivity index (χ1v) is 9.74. The van der Waals surface area contributed by atoms with Gasteiger partial charge >= 0.3 is 0 Å². The molecule has 0 saturated heterocycles. The molecule has 0 aliphatic heterocycles. The van der Waals surface area contributed by atoms with Crippen LogP contribution < -0.4 is 5.32 Å². The quantitative estimate of drug-likeness (QED) is 0.420. The number of rotatable bonds is 4. The maximum absolute atomic E-state index is 6.12. The number of hydrogen-bond donors (Lipinski definition) is 1. The van der Waals surface area contributed by atoms with Crippen molar-refractivity contribution in [2.45, 2.75) is 13.5 Å². The molecular formula is C20H15Cl2N3S. The summed E-state index contributed by atoms with van der Waals surface area (Å²) in [5.74, 6) is 1.55. The van der Waals surface area contributed by atoms with Gasteiger partial charge in [-0.25, -0.2) is 9.97 Å². The molecule has 0 amide bonds. The molecule has 0 saturated carbocycles. The molecule has 26 heavy (non-hydrogen) atoms. The lowest BCUT2D eigenvalue weighted by Gasteiger charge is -2.10. The summed E-state index contributed by atoms with van der Waals surface area (Å²) in [5.41, 5.74) is 3.21. The molecule has 0 aliphatic rings. The zero-order valence-electron chi connectivity index (χ0n) is 14.0. The predicted molar refractivity (Wildman–Crippen MR) is 111 cm³/mol. The number of hydrogen-bond acceptors (Lipinski definition) is 4. The van der Waals surface area contributed by atoms with Gasteiger partial charge in [-0.05, 0) is 35.6 Å². The molecule has 2 heterocycles. The highest BCUT2D eigenvalue weighted by molar-refractivity contribution is 7.17. The number of aryl methyl sites for hydroxylation is 1. The van der Waals surface area contributed by atoms with Crippen LogP contribution in [0.3, 0.4) is 0 Å². The molecule has 0 unspecified atom stereocenters. The summed E-state index contributed by atoms with van der Waals surface area (Å²) in [7, 11) is 0. The SMILES string of the molecule is Cc1csc2nc(-c3ccccc3)nc(NCc3ccc(Cl)c(Cl)c3)c12. The van der Waals surface area contributed by atoms with Crippen molar-refractivity contribution in [1.29, 1.82) is 0 Å². The minimum absolute atomic E-state index is 0.551. The third kappa shape index (κ3) is 3.40. The Morgan fingerprint density at radius 1 is 1.00 bits per heavy atom. The van der Waals surface area contributed by atoms with Gasteiger partial charge in [-0.3, -0.25) is 0 Å². The number of nitrogens with zero attached hydrogens (tertiary/aromatic N) is 2. The topological polar surface area (TPSA) is 37.8 Å². The molecule has 6 heteroatoms. The number of thiophene rings is 1. The van der Waals surface area contributed by atoms with Crippen molar-refractivity contribution >= 4 is 50.6 Å². The summed E-state index contributed by atoms with van der Waals surface area (Å²) in [6.07, 6.45) is 0. The molecule has 0 spiro atoms. The van der Waals surface area contributed by atoms with Gasteiger partial charge in [0.25, 0.3) is 0 Å². The number of fused-ring (bicyclic) bond motifs is 1. The summed E-state index contributed by atoms with van der Waals surface area (Å²) in [5, 5.41) is 7.72. The molecule has 130 valence electrons. The van der Waals surface area contributed by atoms with Crippen molar-refractivity contribution in [2.75, 3.05) is 5.32 Å². The molecule has 4 aromatic rings. The van der Waals surface area contributed by atoms with E-state index in [1.165, 1.54) is 5.56 Å². The highest BCUT2D eigenvalue weighted by Crippen LogP contribution is 2.32. The van der Waals surface area contributed by atoms with E-state index in [1.54, 1.807) is 11.3 Å². The van der Waals surface area contributed by atoms with Crippen molar-refractivity contribution in [3.63, 3.8) is 0 Å². The number of aromatic nitrogens is 2. The highest BCUT2D eigenvalue weighted by atomic mass is 35.5. The van der Waals surface area contributed by atoms with Crippen LogP contribution in [0, 0.1) is 6.92 Å². The van der Waals surface area contributed by atoms with Crippen LogP contribution in [0.5, 0.6) is 0 Å². The van der Waals surface area contributed by atoms with Gasteiger partial charge in [0.2, 0.25) is 0 Å². The Balaban J connectivity index is 1.72. The van der Waals surface area contributed by atoms with Crippen molar-refractivity contribution in [2.24, 2.45) is 0 Å². The molecule has 0 bridgehead atoms. The number of anilines is 1. The van der Waals surface area contributed by atoms with E-state index in [1.807, 2.05) is 48.5 Å². The molecule has 0 fully saturated rings. The molecular weight excluding hydrogens is 385 g/mol. The molecule has 0 radical (unpaired) electrons. The first kappa shape index (κ1) is 17.3. The standard InChI is InChI=1S/C20H15Cl2N3S/c1-12-11-26-20-17(12)19(23-10-13-7-8-15(21)16(22)9-13)24-18(25-20)14-5-3-2-4-6-14/h2-9,11H,10H2,1H3,(H,23,24,25). The zero-order valence-corrected chi connectivity index (χ0v) is 16.3. The second-order valence-electron chi connectivity index (χ2n) is 5.96. The monoisotopic (exact) mass is 399 g/mol. The van der Waals surface area contributed by atoms with Crippen LogP contribution in [-0.4, -0.2) is 9.97 Å². The van der Waals surface area contributed by atoms with Crippen LogP contribution in [0.25, 0.3) is 21.6 Å². The fraction of sp³-hybridized carbons (Fsp3) is 0.100. The summed E-state index contributed by atoms with van der Waals surface area (Å²) in [4.78, 5) is 10.5. The van der Waals surface area contributed by atoms with Gasteiger partial charge in [-0.2, -0.15) is 0 Å². The average molecular weight is 400 g/mol. The summed E-state index contributed by atoms with van der Waals surface area (Å²) >= 11 is 13.8. The molecule has 0 atom stereocenters. The third-order valence-electron chi connectivity index (χ3n) is 4.09. The van der Waals surface area contributed by atoms with Gasteiger partial charge in [0.1, 0.15) is 10.6 Å². The second-order valence-corrected chi connectivity index (χ2v) is 7.64. The molecule has 4 rings (SSSR count). The van der Waals surface area contributed by atoms with Crippen molar-refractivity contribution in [3.8, 4) is 11.4 Å². The van der Waals surface area contributed by atoms with Gasteiger partial charge < -0.3 is 5.32 Å². The van der Waals surface area contributed by atoms with Gasteiger partial charge in [-0.15, -0.1) is 11.3 Å². The summed E-state index contributed by atoms with van der Waals surface area (Å²) in [6.45, 7) is 2.68. The van der Waals surface area contributed by atoms with Crippen LogP contribution >= 0.6 is 34.5 Å². The predicted octanol–water partition coefficient (Wildman–Crippen LogP) is 6.59. The molecule has 2 aromatic heterocycles. The maximum Gasteiger partial charge on any atom is 0.163 e. The minimum Gasteiger partial charge on any atom is -0.365 e.